The number of carbonyl (C=O) groups is 1. The lowest BCUT2D eigenvalue weighted by Gasteiger charge is -2.08. The highest BCUT2D eigenvalue weighted by Crippen LogP contribution is 2.31. The maximum absolute atomic E-state index is 10.9. The molecule has 0 atom stereocenters. The second kappa shape index (κ2) is 5.93. The zero-order chi connectivity index (χ0) is 14.5. The molecule has 0 aliphatic rings. The van der Waals surface area contributed by atoms with E-state index in [0.717, 1.165) is 0 Å². The van der Waals surface area contributed by atoms with Crippen LogP contribution in [0.15, 0.2) is 30.5 Å². The van der Waals surface area contributed by atoms with Crippen LogP contribution >= 0.6 is 0 Å². The van der Waals surface area contributed by atoms with Crippen LogP contribution in [-0.4, -0.2) is 34.4 Å². The van der Waals surface area contributed by atoms with Crippen molar-refractivity contribution in [2.24, 2.45) is 0 Å². The molecule has 1 heterocycles. The molecule has 0 saturated carbocycles. The van der Waals surface area contributed by atoms with Gasteiger partial charge in [0.2, 0.25) is 6.79 Å². The number of esters is 1. The minimum absolute atomic E-state index is 0.0900. The molecule has 0 amide bonds. The third-order valence-electron chi connectivity index (χ3n) is 2.47. The first-order valence-electron chi connectivity index (χ1n) is 5.55. The summed E-state index contributed by atoms with van der Waals surface area (Å²) in [7, 11) is 0. The predicted molar refractivity (Wildman–Crippen MR) is 67.1 cm³/mol. The molecule has 0 aliphatic carbocycles. The molecular formula is C12H10N2O6. The van der Waals surface area contributed by atoms with Crippen LogP contribution in [0.2, 0.25) is 0 Å². The van der Waals surface area contributed by atoms with Gasteiger partial charge in [0, 0.05) is 12.3 Å². The van der Waals surface area contributed by atoms with Gasteiger partial charge in [-0.05, 0) is 18.2 Å². The first kappa shape index (κ1) is 13.7. The summed E-state index contributed by atoms with van der Waals surface area (Å²) in [5.74, 6) is -0.582. The number of non-ortho nitro benzene ring substituents is 1. The van der Waals surface area contributed by atoms with E-state index in [-0.39, 0.29) is 11.4 Å². The Morgan fingerprint density at radius 2 is 2.20 bits per heavy atom. The molecule has 0 saturated heterocycles. The van der Waals surface area contributed by atoms with E-state index < -0.39 is 24.3 Å². The molecule has 1 aromatic carbocycles. The number of pyridine rings is 1. The maximum atomic E-state index is 10.9. The lowest BCUT2D eigenvalue weighted by Crippen LogP contribution is -2.13. The second-order valence-electron chi connectivity index (χ2n) is 3.68. The number of hydrogen-bond acceptors (Lipinski definition) is 7. The number of hydrogen-bond donors (Lipinski definition) is 1. The number of aliphatic hydroxyl groups is 1. The quantitative estimate of drug-likeness (QED) is 0.376. The summed E-state index contributed by atoms with van der Waals surface area (Å²) in [6.45, 7) is -1.16. The normalized spacial score (nSPS) is 10.2. The van der Waals surface area contributed by atoms with Gasteiger partial charge in [-0.2, -0.15) is 0 Å². The zero-order valence-electron chi connectivity index (χ0n) is 10.2. The molecule has 20 heavy (non-hydrogen) atoms. The van der Waals surface area contributed by atoms with Crippen LogP contribution in [0, 0.1) is 10.1 Å². The Morgan fingerprint density at radius 1 is 1.40 bits per heavy atom. The summed E-state index contributed by atoms with van der Waals surface area (Å²) >= 11 is 0. The van der Waals surface area contributed by atoms with Gasteiger partial charge in [0.05, 0.1) is 10.3 Å². The summed E-state index contributed by atoms with van der Waals surface area (Å²) in [6, 6.07) is 5.78. The number of aromatic nitrogens is 1. The van der Waals surface area contributed by atoms with Crippen molar-refractivity contribution >= 4 is 22.6 Å². The van der Waals surface area contributed by atoms with Gasteiger partial charge in [-0.15, -0.1) is 0 Å². The van der Waals surface area contributed by atoms with Crippen LogP contribution in [0.3, 0.4) is 0 Å². The van der Waals surface area contributed by atoms with Crippen molar-refractivity contribution in [2.75, 3.05) is 13.4 Å². The molecule has 2 rings (SSSR count). The lowest BCUT2D eigenvalue weighted by molar-refractivity contribution is -0.383. The molecule has 1 aromatic heterocycles. The van der Waals surface area contributed by atoms with Crippen molar-refractivity contribution in [3.63, 3.8) is 0 Å². The second-order valence-corrected chi connectivity index (χ2v) is 3.68. The smallest absolute Gasteiger partial charge is 0.334 e. The molecule has 8 nitrogen and oxygen atoms in total. The molecule has 0 bridgehead atoms. The number of fused-ring (bicyclic) bond motifs is 1. The summed E-state index contributed by atoms with van der Waals surface area (Å²) < 4.78 is 9.74. The summed E-state index contributed by atoms with van der Waals surface area (Å²) in [5.41, 5.74) is 0.203. The van der Waals surface area contributed by atoms with Crippen molar-refractivity contribution in [1.29, 1.82) is 0 Å². The van der Waals surface area contributed by atoms with E-state index in [1.165, 1.54) is 18.3 Å². The predicted octanol–water partition coefficient (Wildman–Crippen LogP) is 1.01. The lowest BCUT2D eigenvalue weighted by atomic mass is 10.1. The van der Waals surface area contributed by atoms with E-state index in [0.29, 0.717) is 10.9 Å². The zero-order valence-corrected chi connectivity index (χ0v) is 10.2. The highest BCUT2D eigenvalue weighted by atomic mass is 16.7. The molecule has 1 N–H and O–H groups in total. The van der Waals surface area contributed by atoms with Crippen molar-refractivity contribution < 1.29 is 24.3 Å². The van der Waals surface area contributed by atoms with Gasteiger partial charge in [0.25, 0.3) is 5.69 Å². The van der Waals surface area contributed by atoms with Gasteiger partial charge >= 0.3 is 5.97 Å². The molecule has 0 aliphatic heterocycles. The van der Waals surface area contributed by atoms with Crippen LogP contribution in [0.1, 0.15) is 0 Å². The van der Waals surface area contributed by atoms with E-state index in [2.05, 4.69) is 9.72 Å². The number of nitro benzene ring substituents is 1. The SMILES string of the molecule is O=C(CO)OCOc1ccc([N+](=O)[O-])c2cccnc12. The van der Waals surface area contributed by atoms with E-state index in [1.807, 2.05) is 0 Å². The molecule has 8 heteroatoms. The number of aliphatic hydroxyl groups excluding tert-OH is 1. The third-order valence-corrected chi connectivity index (χ3v) is 2.47. The van der Waals surface area contributed by atoms with Crippen molar-refractivity contribution in [2.45, 2.75) is 0 Å². The number of nitro groups is 1. The van der Waals surface area contributed by atoms with Crippen LogP contribution < -0.4 is 4.74 Å². The number of nitrogens with zero attached hydrogens (tertiary/aromatic N) is 2. The molecule has 0 spiro atoms. The minimum atomic E-state index is -0.829. The fourth-order valence-corrected chi connectivity index (χ4v) is 1.61. The molecule has 0 radical (unpaired) electrons. The van der Waals surface area contributed by atoms with Gasteiger partial charge in [0.1, 0.15) is 17.9 Å². The molecule has 2 aromatic rings. The van der Waals surface area contributed by atoms with Crippen LogP contribution in [0.4, 0.5) is 5.69 Å². The fraction of sp³-hybridized carbons (Fsp3) is 0.167. The van der Waals surface area contributed by atoms with Gasteiger partial charge in [-0.1, -0.05) is 0 Å². The number of carbonyl (C=O) groups excluding carboxylic acids is 1. The fourth-order valence-electron chi connectivity index (χ4n) is 1.61. The van der Waals surface area contributed by atoms with Gasteiger partial charge in [-0.3, -0.25) is 15.1 Å². The Morgan fingerprint density at radius 3 is 2.90 bits per heavy atom. The van der Waals surface area contributed by atoms with E-state index in [9.17, 15) is 14.9 Å². The Hall–Kier alpha value is -2.74. The Bertz CT molecular complexity index is 657. The molecular weight excluding hydrogens is 268 g/mol. The van der Waals surface area contributed by atoms with Crippen LogP contribution in [0.5, 0.6) is 5.75 Å². The van der Waals surface area contributed by atoms with Gasteiger partial charge in [-0.25, -0.2) is 4.79 Å². The number of ether oxygens (including phenoxy) is 2. The Kier molecular flexibility index (Phi) is 4.06. The molecule has 0 fully saturated rings. The van der Waals surface area contributed by atoms with Crippen LogP contribution in [-0.2, 0) is 9.53 Å². The monoisotopic (exact) mass is 278 g/mol. The summed E-state index contributed by atoms with van der Waals surface area (Å²) in [6.07, 6.45) is 1.47. The van der Waals surface area contributed by atoms with Crippen LogP contribution in [0.25, 0.3) is 10.9 Å². The van der Waals surface area contributed by atoms with E-state index >= 15 is 0 Å². The number of rotatable bonds is 5. The van der Waals surface area contributed by atoms with Crippen molar-refractivity contribution in [3.8, 4) is 5.75 Å². The van der Waals surface area contributed by atoms with Gasteiger partial charge < -0.3 is 14.6 Å². The Labute approximate surface area is 112 Å². The minimum Gasteiger partial charge on any atom is -0.455 e. The Balaban J connectivity index is 2.29. The molecule has 0 unspecified atom stereocenters. The first-order chi connectivity index (χ1) is 9.63. The summed E-state index contributed by atoms with van der Waals surface area (Å²) in [5, 5.41) is 19.7. The topological polar surface area (TPSA) is 112 Å². The summed E-state index contributed by atoms with van der Waals surface area (Å²) in [4.78, 5) is 25.2. The standard InChI is InChI=1S/C12H10N2O6/c15-6-11(16)20-7-19-10-4-3-9(14(17)18)8-2-1-5-13-12(8)10/h1-5,15H,6-7H2. The maximum Gasteiger partial charge on any atom is 0.334 e. The molecule has 104 valence electrons. The average molecular weight is 278 g/mol. The first-order valence-corrected chi connectivity index (χ1v) is 5.55. The highest BCUT2D eigenvalue weighted by molar-refractivity contribution is 5.92. The van der Waals surface area contributed by atoms with E-state index in [4.69, 9.17) is 9.84 Å². The van der Waals surface area contributed by atoms with E-state index in [1.54, 1.807) is 12.1 Å². The average Bonchev–Trinajstić information content (AvgIpc) is 2.46. The van der Waals surface area contributed by atoms with Crippen molar-refractivity contribution in [3.05, 3.63) is 40.6 Å². The third kappa shape index (κ3) is 2.81. The van der Waals surface area contributed by atoms with Gasteiger partial charge in [0.15, 0.2) is 0 Å². The van der Waals surface area contributed by atoms with Crippen molar-refractivity contribution in [1.82, 2.24) is 4.98 Å². The largest absolute Gasteiger partial charge is 0.455 e. The highest BCUT2D eigenvalue weighted by Gasteiger charge is 2.15. The number of benzene rings is 1.